The van der Waals surface area contributed by atoms with E-state index in [1.165, 1.54) is 0 Å². The van der Waals surface area contributed by atoms with Crippen LogP contribution in [0, 0.1) is 0 Å². The minimum Gasteiger partial charge on any atom is -0.497 e. The highest BCUT2D eigenvalue weighted by molar-refractivity contribution is 6.33. The van der Waals surface area contributed by atoms with Crippen molar-refractivity contribution in [1.29, 1.82) is 0 Å². The number of hydrogen-bond acceptors (Lipinski definition) is 6. The lowest BCUT2D eigenvalue weighted by atomic mass is 10.3. The zero-order valence-corrected chi connectivity index (χ0v) is 12.9. The van der Waals surface area contributed by atoms with Gasteiger partial charge in [-0.15, -0.1) is 0 Å². The fraction of sp³-hybridized carbons (Fsp3) is 0.286. The van der Waals surface area contributed by atoms with E-state index in [2.05, 4.69) is 20.6 Å². The van der Waals surface area contributed by atoms with Gasteiger partial charge in [-0.1, -0.05) is 11.6 Å². The summed E-state index contributed by atoms with van der Waals surface area (Å²) in [7, 11) is 5.00. The SMILES string of the molecule is CNc1cc(Nc2cc(OC)ccc2Cl)nc(COC)n1. The zero-order valence-electron chi connectivity index (χ0n) is 12.1. The first-order chi connectivity index (χ1) is 10.2. The smallest absolute Gasteiger partial charge is 0.158 e. The molecule has 0 saturated heterocycles. The summed E-state index contributed by atoms with van der Waals surface area (Å²) in [4.78, 5) is 8.67. The Morgan fingerprint density at radius 1 is 1.14 bits per heavy atom. The summed E-state index contributed by atoms with van der Waals surface area (Å²) >= 11 is 6.18. The van der Waals surface area contributed by atoms with Crippen molar-refractivity contribution in [3.05, 3.63) is 35.1 Å². The highest BCUT2D eigenvalue weighted by Crippen LogP contribution is 2.29. The number of ether oxygens (including phenoxy) is 2. The molecule has 0 unspecified atom stereocenters. The normalized spacial score (nSPS) is 10.3. The standard InChI is InChI=1S/C14H17ClN4O2/c1-16-12-7-13(19-14(18-12)8-20-2)17-11-6-9(21-3)4-5-10(11)15/h4-7H,8H2,1-3H3,(H2,16,17,18,19). The van der Waals surface area contributed by atoms with Crippen molar-refractivity contribution in [2.75, 3.05) is 31.9 Å². The van der Waals surface area contributed by atoms with Crippen LogP contribution in [0.4, 0.5) is 17.3 Å². The third-order valence-electron chi connectivity index (χ3n) is 2.74. The van der Waals surface area contributed by atoms with Crippen LogP contribution in [0.25, 0.3) is 0 Å². The number of benzene rings is 1. The molecule has 0 atom stereocenters. The molecular formula is C14H17ClN4O2. The summed E-state index contributed by atoms with van der Waals surface area (Å²) in [6.07, 6.45) is 0. The van der Waals surface area contributed by atoms with E-state index in [-0.39, 0.29) is 0 Å². The van der Waals surface area contributed by atoms with E-state index in [4.69, 9.17) is 21.1 Å². The molecule has 0 saturated carbocycles. The van der Waals surface area contributed by atoms with Gasteiger partial charge < -0.3 is 20.1 Å². The molecular weight excluding hydrogens is 292 g/mol. The number of anilines is 3. The predicted octanol–water partition coefficient (Wildman–Crippen LogP) is 3.07. The van der Waals surface area contributed by atoms with E-state index in [1.807, 2.05) is 0 Å². The van der Waals surface area contributed by atoms with Crippen molar-refractivity contribution in [3.8, 4) is 5.75 Å². The topological polar surface area (TPSA) is 68.3 Å². The molecule has 0 fully saturated rings. The van der Waals surface area contributed by atoms with Gasteiger partial charge in [0.25, 0.3) is 0 Å². The number of rotatable bonds is 6. The molecule has 2 rings (SSSR count). The number of nitrogens with one attached hydrogen (secondary N) is 2. The Bertz CT molecular complexity index is 622. The van der Waals surface area contributed by atoms with E-state index in [0.29, 0.717) is 40.5 Å². The van der Waals surface area contributed by atoms with Crippen molar-refractivity contribution in [1.82, 2.24) is 9.97 Å². The molecule has 0 aliphatic carbocycles. The molecule has 6 nitrogen and oxygen atoms in total. The third-order valence-corrected chi connectivity index (χ3v) is 3.07. The molecule has 0 bridgehead atoms. The molecule has 7 heteroatoms. The zero-order chi connectivity index (χ0) is 15.2. The maximum atomic E-state index is 6.18. The van der Waals surface area contributed by atoms with Gasteiger partial charge in [-0.05, 0) is 12.1 Å². The van der Waals surface area contributed by atoms with E-state index < -0.39 is 0 Å². The largest absolute Gasteiger partial charge is 0.497 e. The van der Waals surface area contributed by atoms with E-state index >= 15 is 0 Å². The van der Waals surface area contributed by atoms with Crippen molar-refractivity contribution in [2.45, 2.75) is 6.61 Å². The van der Waals surface area contributed by atoms with Crippen molar-refractivity contribution in [2.24, 2.45) is 0 Å². The number of aromatic nitrogens is 2. The quantitative estimate of drug-likeness (QED) is 0.855. The second kappa shape index (κ2) is 7.10. The van der Waals surface area contributed by atoms with Crippen LogP contribution in [0.5, 0.6) is 5.75 Å². The molecule has 0 aliphatic heterocycles. The van der Waals surface area contributed by atoms with Gasteiger partial charge in [-0.2, -0.15) is 0 Å². The van der Waals surface area contributed by atoms with Crippen molar-refractivity contribution < 1.29 is 9.47 Å². The maximum Gasteiger partial charge on any atom is 0.158 e. The average Bonchev–Trinajstić information content (AvgIpc) is 2.49. The Hall–Kier alpha value is -2.05. The first-order valence-corrected chi connectivity index (χ1v) is 6.69. The second-order valence-electron chi connectivity index (χ2n) is 4.21. The Morgan fingerprint density at radius 2 is 1.90 bits per heavy atom. The highest BCUT2D eigenvalue weighted by atomic mass is 35.5. The average molecular weight is 309 g/mol. The molecule has 0 spiro atoms. The van der Waals surface area contributed by atoms with Crippen LogP contribution in [0.15, 0.2) is 24.3 Å². The van der Waals surface area contributed by atoms with Crippen molar-refractivity contribution >= 4 is 28.9 Å². The van der Waals surface area contributed by atoms with Crippen LogP contribution in [0.2, 0.25) is 5.02 Å². The molecule has 0 aliphatic rings. The van der Waals surface area contributed by atoms with Gasteiger partial charge in [0.05, 0.1) is 17.8 Å². The second-order valence-corrected chi connectivity index (χ2v) is 4.62. The monoisotopic (exact) mass is 308 g/mol. The van der Waals surface area contributed by atoms with Gasteiger partial charge in [0.15, 0.2) is 5.82 Å². The van der Waals surface area contributed by atoms with Gasteiger partial charge in [0.1, 0.15) is 24.0 Å². The lowest BCUT2D eigenvalue weighted by Crippen LogP contribution is -2.05. The minimum absolute atomic E-state index is 0.329. The van der Waals surface area contributed by atoms with Gasteiger partial charge in [0, 0.05) is 26.3 Å². The fourth-order valence-corrected chi connectivity index (χ4v) is 1.91. The fourth-order valence-electron chi connectivity index (χ4n) is 1.75. The van der Waals surface area contributed by atoms with Gasteiger partial charge in [0.2, 0.25) is 0 Å². The number of halogens is 1. The third kappa shape index (κ3) is 3.96. The summed E-state index contributed by atoms with van der Waals surface area (Å²) in [5, 5.41) is 6.72. The predicted molar refractivity (Wildman–Crippen MR) is 83.6 cm³/mol. The van der Waals surface area contributed by atoms with Gasteiger partial charge in [-0.25, -0.2) is 9.97 Å². The molecule has 0 radical (unpaired) electrons. The lowest BCUT2D eigenvalue weighted by Gasteiger charge is -2.11. The molecule has 2 N–H and O–H groups in total. The first kappa shape index (κ1) is 15.3. The molecule has 0 amide bonds. The Balaban J connectivity index is 2.32. The Kier molecular flexibility index (Phi) is 5.19. The molecule has 1 aromatic heterocycles. The molecule has 112 valence electrons. The molecule has 21 heavy (non-hydrogen) atoms. The molecule has 2 aromatic rings. The van der Waals surface area contributed by atoms with Crippen LogP contribution in [-0.2, 0) is 11.3 Å². The summed E-state index contributed by atoms with van der Waals surface area (Å²) in [5.41, 5.74) is 0.708. The van der Waals surface area contributed by atoms with Crippen LogP contribution in [0.3, 0.4) is 0 Å². The summed E-state index contributed by atoms with van der Waals surface area (Å²) in [6, 6.07) is 7.15. The summed E-state index contributed by atoms with van der Waals surface area (Å²) < 4.78 is 10.3. The highest BCUT2D eigenvalue weighted by Gasteiger charge is 2.07. The Labute approximate surface area is 128 Å². The van der Waals surface area contributed by atoms with Crippen LogP contribution in [0.1, 0.15) is 5.82 Å². The summed E-state index contributed by atoms with van der Waals surface area (Å²) in [5.74, 6) is 2.60. The van der Waals surface area contributed by atoms with E-state index in [0.717, 1.165) is 0 Å². The Morgan fingerprint density at radius 3 is 2.57 bits per heavy atom. The first-order valence-electron chi connectivity index (χ1n) is 6.31. The minimum atomic E-state index is 0.329. The van der Waals surface area contributed by atoms with Gasteiger partial charge >= 0.3 is 0 Å². The van der Waals surface area contributed by atoms with Crippen molar-refractivity contribution in [3.63, 3.8) is 0 Å². The van der Waals surface area contributed by atoms with E-state index in [1.54, 1.807) is 45.5 Å². The van der Waals surface area contributed by atoms with Crippen LogP contribution in [-0.4, -0.2) is 31.2 Å². The number of nitrogens with zero attached hydrogens (tertiary/aromatic N) is 2. The molecule has 1 aromatic carbocycles. The summed E-state index contributed by atoms with van der Waals surface area (Å²) in [6.45, 7) is 0.329. The number of hydrogen-bond donors (Lipinski definition) is 2. The maximum absolute atomic E-state index is 6.18. The molecule has 1 heterocycles. The van der Waals surface area contributed by atoms with E-state index in [9.17, 15) is 0 Å². The van der Waals surface area contributed by atoms with Crippen LogP contribution >= 0.6 is 11.6 Å². The van der Waals surface area contributed by atoms with Crippen LogP contribution < -0.4 is 15.4 Å². The number of methoxy groups -OCH3 is 2. The lowest BCUT2D eigenvalue weighted by molar-refractivity contribution is 0.178. The van der Waals surface area contributed by atoms with Gasteiger partial charge in [-0.3, -0.25) is 0 Å².